The summed E-state index contributed by atoms with van der Waals surface area (Å²) in [7, 11) is 1.85. The molecule has 1 fully saturated rings. The second kappa shape index (κ2) is 8.49. The third-order valence-corrected chi connectivity index (χ3v) is 5.93. The van der Waals surface area contributed by atoms with Crippen LogP contribution in [0.2, 0.25) is 0 Å². The molecule has 1 aliphatic rings. The van der Waals surface area contributed by atoms with E-state index in [2.05, 4.69) is 24.3 Å². The monoisotopic (exact) mass is 419 g/mol. The molecule has 2 amide bonds. The smallest absolute Gasteiger partial charge is 0.254 e. The van der Waals surface area contributed by atoms with Crippen LogP contribution >= 0.6 is 0 Å². The van der Waals surface area contributed by atoms with Crippen LogP contribution in [0.1, 0.15) is 54.4 Å². The SMILES string of the molecule is Cc1nn(C)c2nc(C(C)C)cc(C(=O)N3CCCC(C(=O)Nc4ccccc4)C3)c12. The maximum absolute atomic E-state index is 13.6. The second-order valence-electron chi connectivity index (χ2n) is 8.60. The highest BCUT2D eigenvalue weighted by Gasteiger charge is 2.31. The Hall–Kier alpha value is -3.22. The van der Waals surface area contributed by atoms with Crippen molar-refractivity contribution in [1.82, 2.24) is 19.7 Å². The molecule has 162 valence electrons. The molecule has 3 heterocycles. The lowest BCUT2D eigenvalue weighted by Gasteiger charge is -2.32. The molecule has 0 bridgehead atoms. The molecule has 3 aromatic rings. The number of anilines is 1. The number of carbonyl (C=O) groups is 2. The Kier molecular flexibility index (Phi) is 5.76. The predicted molar refractivity (Wildman–Crippen MR) is 121 cm³/mol. The summed E-state index contributed by atoms with van der Waals surface area (Å²) in [5.74, 6) is -0.127. The molecule has 2 aromatic heterocycles. The number of aromatic nitrogens is 3. The maximum atomic E-state index is 13.6. The summed E-state index contributed by atoms with van der Waals surface area (Å²) >= 11 is 0. The molecule has 1 saturated heterocycles. The molecule has 1 N–H and O–H groups in total. The van der Waals surface area contributed by atoms with Crippen LogP contribution in [0, 0.1) is 12.8 Å². The molecule has 0 saturated carbocycles. The maximum Gasteiger partial charge on any atom is 0.254 e. The van der Waals surface area contributed by atoms with Gasteiger partial charge in [-0.1, -0.05) is 32.0 Å². The number of hydrogen-bond acceptors (Lipinski definition) is 4. The zero-order valence-electron chi connectivity index (χ0n) is 18.6. The van der Waals surface area contributed by atoms with Crippen LogP contribution in [0.3, 0.4) is 0 Å². The number of piperidine rings is 1. The Labute approximate surface area is 182 Å². The third-order valence-electron chi connectivity index (χ3n) is 5.93. The normalized spacial score (nSPS) is 16.7. The zero-order chi connectivity index (χ0) is 22.1. The minimum Gasteiger partial charge on any atom is -0.338 e. The number of benzene rings is 1. The number of amides is 2. The van der Waals surface area contributed by atoms with Crippen molar-refractivity contribution in [2.45, 2.75) is 39.5 Å². The Morgan fingerprint density at radius 3 is 2.65 bits per heavy atom. The average molecular weight is 420 g/mol. The first-order valence-corrected chi connectivity index (χ1v) is 10.8. The fourth-order valence-corrected chi connectivity index (χ4v) is 4.24. The van der Waals surface area contributed by atoms with Crippen LogP contribution in [-0.2, 0) is 11.8 Å². The Bertz CT molecular complexity index is 1120. The molecule has 7 nitrogen and oxygen atoms in total. The van der Waals surface area contributed by atoms with Crippen molar-refractivity contribution >= 4 is 28.5 Å². The van der Waals surface area contributed by atoms with Crippen molar-refractivity contribution in [3.63, 3.8) is 0 Å². The summed E-state index contributed by atoms with van der Waals surface area (Å²) < 4.78 is 1.74. The van der Waals surface area contributed by atoms with Gasteiger partial charge in [0, 0.05) is 31.5 Å². The minimum atomic E-state index is -0.227. The Balaban J connectivity index is 1.60. The van der Waals surface area contributed by atoms with Gasteiger partial charge in [0.15, 0.2) is 5.65 Å². The molecule has 31 heavy (non-hydrogen) atoms. The number of hydrogen-bond donors (Lipinski definition) is 1. The molecule has 0 spiro atoms. The average Bonchev–Trinajstić information content (AvgIpc) is 3.07. The van der Waals surface area contributed by atoms with Crippen molar-refractivity contribution < 1.29 is 9.59 Å². The van der Waals surface area contributed by atoms with E-state index in [4.69, 9.17) is 4.98 Å². The van der Waals surface area contributed by atoms with Crippen molar-refractivity contribution in [2.75, 3.05) is 18.4 Å². The second-order valence-corrected chi connectivity index (χ2v) is 8.60. The third kappa shape index (κ3) is 4.17. The number of carbonyl (C=O) groups excluding carboxylic acids is 2. The zero-order valence-corrected chi connectivity index (χ0v) is 18.6. The van der Waals surface area contributed by atoms with E-state index >= 15 is 0 Å². The lowest BCUT2D eigenvalue weighted by molar-refractivity contribution is -0.121. The van der Waals surface area contributed by atoms with Crippen LogP contribution in [-0.4, -0.2) is 44.6 Å². The summed E-state index contributed by atoms with van der Waals surface area (Å²) in [6.07, 6.45) is 1.58. The molecule has 1 aromatic carbocycles. The molecule has 0 radical (unpaired) electrons. The van der Waals surface area contributed by atoms with Gasteiger partial charge in [-0.05, 0) is 43.9 Å². The molecule has 1 unspecified atom stereocenters. The standard InChI is InChI=1S/C24H29N5O2/c1-15(2)20-13-19(21-16(3)27-28(4)22(21)26-20)24(31)29-12-8-9-17(14-29)23(30)25-18-10-6-5-7-11-18/h5-7,10-11,13,15,17H,8-9,12,14H2,1-4H3,(H,25,30). The van der Waals surface area contributed by atoms with E-state index in [9.17, 15) is 9.59 Å². The van der Waals surface area contributed by atoms with Gasteiger partial charge in [0.2, 0.25) is 5.91 Å². The van der Waals surface area contributed by atoms with Crippen LogP contribution in [0.25, 0.3) is 11.0 Å². The fraction of sp³-hybridized carbons (Fsp3) is 0.417. The van der Waals surface area contributed by atoms with E-state index in [1.165, 1.54) is 0 Å². The number of pyridine rings is 1. The summed E-state index contributed by atoms with van der Waals surface area (Å²) in [5, 5.41) is 8.26. The van der Waals surface area contributed by atoms with E-state index < -0.39 is 0 Å². The van der Waals surface area contributed by atoms with Crippen molar-refractivity contribution in [3.8, 4) is 0 Å². The van der Waals surface area contributed by atoms with E-state index in [1.54, 1.807) is 4.68 Å². The first kappa shape index (κ1) is 21.0. The van der Waals surface area contributed by atoms with E-state index in [1.807, 2.05) is 55.3 Å². The van der Waals surface area contributed by atoms with Crippen molar-refractivity contribution in [2.24, 2.45) is 13.0 Å². The number of likely N-dealkylation sites (tertiary alicyclic amines) is 1. The predicted octanol–water partition coefficient (Wildman–Crippen LogP) is 3.89. The first-order valence-electron chi connectivity index (χ1n) is 10.8. The molecule has 0 aliphatic carbocycles. The molecule has 7 heteroatoms. The number of para-hydroxylation sites is 1. The molecular formula is C24H29N5O2. The number of rotatable bonds is 4. The van der Waals surface area contributed by atoms with Crippen molar-refractivity contribution in [3.05, 3.63) is 53.3 Å². The van der Waals surface area contributed by atoms with Crippen molar-refractivity contribution in [1.29, 1.82) is 0 Å². The van der Waals surface area contributed by atoms with Gasteiger partial charge in [0.25, 0.3) is 5.91 Å². The minimum absolute atomic E-state index is 0.0380. The summed E-state index contributed by atoms with van der Waals surface area (Å²) in [6, 6.07) is 11.3. The highest BCUT2D eigenvalue weighted by molar-refractivity contribution is 6.07. The van der Waals surface area contributed by atoms with Gasteiger partial charge >= 0.3 is 0 Å². The highest BCUT2D eigenvalue weighted by Crippen LogP contribution is 2.28. The van der Waals surface area contributed by atoms with Gasteiger partial charge in [-0.2, -0.15) is 5.10 Å². The lowest BCUT2D eigenvalue weighted by Crippen LogP contribution is -2.43. The summed E-state index contributed by atoms with van der Waals surface area (Å²) in [5.41, 5.74) is 3.79. The van der Waals surface area contributed by atoms with Crippen LogP contribution in [0.4, 0.5) is 5.69 Å². The number of aryl methyl sites for hydroxylation is 2. The molecule has 1 atom stereocenters. The fourth-order valence-electron chi connectivity index (χ4n) is 4.24. The lowest BCUT2D eigenvalue weighted by atomic mass is 9.95. The number of nitrogens with zero attached hydrogens (tertiary/aromatic N) is 4. The van der Waals surface area contributed by atoms with E-state index in [-0.39, 0.29) is 23.7 Å². The quantitative estimate of drug-likeness (QED) is 0.696. The number of fused-ring (bicyclic) bond motifs is 1. The molecule has 4 rings (SSSR count). The molecular weight excluding hydrogens is 390 g/mol. The number of nitrogens with one attached hydrogen (secondary N) is 1. The summed E-state index contributed by atoms with van der Waals surface area (Å²) in [4.78, 5) is 33.0. The summed E-state index contributed by atoms with van der Waals surface area (Å²) in [6.45, 7) is 7.10. The first-order chi connectivity index (χ1) is 14.8. The van der Waals surface area contributed by atoms with Gasteiger partial charge in [-0.25, -0.2) is 4.98 Å². The topological polar surface area (TPSA) is 80.1 Å². The van der Waals surface area contributed by atoms with Crippen LogP contribution in [0.15, 0.2) is 36.4 Å². The highest BCUT2D eigenvalue weighted by atomic mass is 16.2. The van der Waals surface area contributed by atoms with Gasteiger partial charge in [-0.3, -0.25) is 14.3 Å². The Morgan fingerprint density at radius 1 is 1.19 bits per heavy atom. The van der Waals surface area contributed by atoms with Crippen LogP contribution < -0.4 is 5.32 Å². The largest absolute Gasteiger partial charge is 0.338 e. The van der Waals surface area contributed by atoms with E-state index in [0.29, 0.717) is 18.7 Å². The van der Waals surface area contributed by atoms with E-state index in [0.717, 1.165) is 41.0 Å². The Morgan fingerprint density at radius 2 is 1.94 bits per heavy atom. The molecule has 1 aliphatic heterocycles. The van der Waals surface area contributed by atoms with Gasteiger partial charge in [0.1, 0.15) is 0 Å². The van der Waals surface area contributed by atoms with Crippen LogP contribution in [0.5, 0.6) is 0 Å². The van der Waals surface area contributed by atoms with Gasteiger partial charge in [-0.15, -0.1) is 0 Å². The van der Waals surface area contributed by atoms with Gasteiger partial charge < -0.3 is 10.2 Å². The van der Waals surface area contributed by atoms with Gasteiger partial charge in [0.05, 0.1) is 22.6 Å².